The van der Waals surface area contributed by atoms with E-state index in [1.165, 1.54) is 7.11 Å². The molecule has 32 heavy (non-hydrogen) atoms. The third-order valence-electron chi connectivity index (χ3n) is 5.26. The van der Waals surface area contributed by atoms with Crippen LogP contribution in [0.25, 0.3) is 0 Å². The second-order valence-corrected chi connectivity index (χ2v) is 9.19. The van der Waals surface area contributed by atoms with Crippen molar-refractivity contribution in [2.75, 3.05) is 20.0 Å². The monoisotopic (exact) mass is 463 g/mol. The fraction of sp³-hybridized carbons (Fsp3) is 0.409. The number of benzene rings is 2. The molecule has 2 saturated heterocycles. The smallest absolute Gasteiger partial charge is 0.264 e. The largest absolute Gasteiger partial charge is 0.354 e. The second-order valence-electron chi connectivity index (χ2n) is 7.59. The van der Waals surface area contributed by atoms with Crippen LogP contribution in [0.2, 0.25) is 0 Å². The number of fused-ring (bicyclic) bond motifs is 1. The van der Waals surface area contributed by atoms with Crippen LogP contribution in [0.4, 0.5) is 0 Å². The molecule has 0 aliphatic carbocycles. The average molecular weight is 464 g/mol. The number of amides is 1. The Morgan fingerprint density at radius 1 is 1.03 bits per heavy atom. The summed E-state index contributed by atoms with van der Waals surface area (Å²) in [6, 6.07) is 16.8. The Morgan fingerprint density at radius 3 is 2.31 bits per heavy atom. The summed E-state index contributed by atoms with van der Waals surface area (Å²) in [5.74, 6) is -0.423. The van der Waals surface area contributed by atoms with Crippen LogP contribution in [0, 0.1) is 0 Å². The van der Waals surface area contributed by atoms with E-state index in [1.54, 1.807) is 30.3 Å². The minimum absolute atomic E-state index is 0.132. The highest BCUT2D eigenvalue weighted by Crippen LogP contribution is 2.36. The van der Waals surface area contributed by atoms with Gasteiger partial charge in [0.15, 0.2) is 12.6 Å². The zero-order valence-corrected chi connectivity index (χ0v) is 18.4. The van der Waals surface area contributed by atoms with Crippen LogP contribution in [0.3, 0.4) is 0 Å². The van der Waals surface area contributed by atoms with Crippen LogP contribution in [-0.4, -0.2) is 64.9 Å². The van der Waals surface area contributed by atoms with Crippen LogP contribution in [-0.2, 0) is 33.2 Å². The Kier molecular flexibility index (Phi) is 6.89. The fourth-order valence-electron chi connectivity index (χ4n) is 3.85. The van der Waals surface area contributed by atoms with E-state index >= 15 is 0 Å². The number of hydrogen-bond acceptors (Lipinski definition) is 8. The standard InChI is InChI=1S/C22H25NO8S/c1-27-22-17(23-20(24)14-9-5-3-6-10-14)19(31-32(2,25)26)18-16(29-22)13-28-21(30-18)15-11-7-4-8-12-15/h3-12,16-19,21-22H,13H2,1-2H3,(H,23,24)/t16-,17+,18+,19-,21-,22-/m0/s1. The van der Waals surface area contributed by atoms with Gasteiger partial charge in [-0.25, -0.2) is 0 Å². The lowest BCUT2D eigenvalue weighted by molar-refractivity contribution is -0.337. The Bertz CT molecular complexity index is 1020. The molecule has 0 radical (unpaired) electrons. The zero-order chi connectivity index (χ0) is 22.7. The summed E-state index contributed by atoms with van der Waals surface area (Å²) >= 11 is 0. The van der Waals surface area contributed by atoms with Gasteiger partial charge in [-0.05, 0) is 12.1 Å². The Balaban J connectivity index is 1.63. The van der Waals surface area contributed by atoms with Crippen LogP contribution in [0.5, 0.6) is 0 Å². The van der Waals surface area contributed by atoms with Gasteiger partial charge < -0.3 is 24.3 Å². The number of carbonyl (C=O) groups is 1. The SMILES string of the molecule is CO[C@H]1O[C@H]2CO[C@H](c3ccccc3)O[C@H]2[C@@H](OS(C)(=O)=O)[C@H]1NC(=O)c1ccccc1. The molecule has 2 fully saturated rings. The van der Waals surface area contributed by atoms with E-state index in [1.807, 2.05) is 30.3 Å². The van der Waals surface area contributed by atoms with Gasteiger partial charge in [0.2, 0.25) is 0 Å². The molecule has 2 aromatic rings. The van der Waals surface area contributed by atoms with Crippen molar-refractivity contribution in [2.45, 2.75) is 36.9 Å². The third kappa shape index (κ3) is 5.17. The van der Waals surface area contributed by atoms with Crippen LogP contribution in [0.15, 0.2) is 60.7 Å². The molecule has 2 aliphatic heterocycles. The molecule has 2 aliphatic rings. The number of nitrogens with one attached hydrogen (secondary N) is 1. The quantitative estimate of drug-likeness (QED) is 0.644. The van der Waals surface area contributed by atoms with E-state index in [9.17, 15) is 13.2 Å². The molecule has 4 rings (SSSR count). The molecule has 172 valence electrons. The maximum Gasteiger partial charge on any atom is 0.264 e. The predicted molar refractivity (Wildman–Crippen MR) is 113 cm³/mol. The van der Waals surface area contributed by atoms with Crippen LogP contribution in [0.1, 0.15) is 22.2 Å². The minimum Gasteiger partial charge on any atom is -0.354 e. The van der Waals surface area contributed by atoms with Crippen LogP contribution >= 0.6 is 0 Å². The molecule has 0 aromatic heterocycles. The van der Waals surface area contributed by atoms with Crippen LogP contribution < -0.4 is 5.32 Å². The van der Waals surface area contributed by atoms with E-state index in [0.717, 1.165) is 11.8 Å². The van der Waals surface area contributed by atoms with E-state index in [4.69, 9.17) is 23.1 Å². The molecule has 10 heteroatoms. The first-order valence-corrected chi connectivity index (χ1v) is 11.9. The summed E-state index contributed by atoms with van der Waals surface area (Å²) in [6.45, 7) is 0.132. The Morgan fingerprint density at radius 2 is 1.69 bits per heavy atom. The van der Waals surface area contributed by atoms with Gasteiger partial charge in [0.25, 0.3) is 16.0 Å². The number of carbonyl (C=O) groups excluding carboxylic acids is 1. The van der Waals surface area contributed by atoms with Crippen molar-refractivity contribution < 1.29 is 36.3 Å². The molecular weight excluding hydrogens is 438 g/mol. The summed E-state index contributed by atoms with van der Waals surface area (Å²) < 4.78 is 52.9. The lowest BCUT2D eigenvalue weighted by atomic mass is 9.95. The summed E-state index contributed by atoms with van der Waals surface area (Å²) in [5.41, 5.74) is 1.17. The van der Waals surface area contributed by atoms with E-state index in [0.29, 0.717) is 5.56 Å². The molecule has 0 spiro atoms. The predicted octanol–water partition coefficient (Wildman–Crippen LogP) is 1.62. The number of hydrogen-bond donors (Lipinski definition) is 1. The van der Waals surface area contributed by atoms with Gasteiger partial charge in [-0.2, -0.15) is 8.42 Å². The number of ether oxygens (including phenoxy) is 4. The molecule has 1 N–H and O–H groups in total. The lowest BCUT2D eigenvalue weighted by Crippen LogP contribution is -2.67. The number of methoxy groups -OCH3 is 1. The van der Waals surface area contributed by atoms with Gasteiger partial charge in [0.1, 0.15) is 24.4 Å². The first kappa shape index (κ1) is 22.8. The minimum atomic E-state index is -3.90. The van der Waals surface area contributed by atoms with Gasteiger partial charge in [0.05, 0.1) is 12.9 Å². The van der Waals surface area contributed by atoms with Crippen molar-refractivity contribution in [3.8, 4) is 0 Å². The van der Waals surface area contributed by atoms with Crippen molar-refractivity contribution in [2.24, 2.45) is 0 Å². The topological polar surface area (TPSA) is 109 Å². The van der Waals surface area contributed by atoms with Gasteiger partial charge in [-0.15, -0.1) is 0 Å². The summed E-state index contributed by atoms with van der Waals surface area (Å²) in [6.07, 6.45) is -3.36. The van der Waals surface area contributed by atoms with Crippen molar-refractivity contribution >= 4 is 16.0 Å². The third-order valence-corrected chi connectivity index (χ3v) is 5.83. The van der Waals surface area contributed by atoms with Gasteiger partial charge in [-0.3, -0.25) is 8.98 Å². The van der Waals surface area contributed by atoms with E-state index < -0.39 is 53.0 Å². The molecule has 2 heterocycles. The Labute approximate surface area is 186 Å². The highest BCUT2D eigenvalue weighted by molar-refractivity contribution is 7.86. The van der Waals surface area contributed by atoms with E-state index in [2.05, 4.69) is 5.32 Å². The average Bonchev–Trinajstić information content (AvgIpc) is 2.80. The molecule has 0 unspecified atom stereocenters. The van der Waals surface area contributed by atoms with Gasteiger partial charge >= 0.3 is 0 Å². The first-order valence-electron chi connectivity index (χ1n) is 10.1. The highest BCUT2D eigenvalue weighted by Gasteiger charge is 2.52. The summed E-state index contributed by atoms with van der Waals surface area (Å²) in [7, 11) is -2.50. The lowest BCUT2D eigenvalue weighted by Gasteiger charge is -2.48. The second kappa shape index (κ2) is 9.65. The molecule has 0 bridgehead atoms. The molecule has 0 saturated carbocycles. The number of rotatable bonds is 6. The van der Waals surface area contributed by atoms with Gasteiger partial charge in [-0.1, -0.05) is 48.5 Å². The van der Waals surface area contributed by atoms with Crippen molar-refractivity contribution in [3.05, 3.63) is 71.8 Å². The zero-order valence-electron chi connectivity index (χ0n) is 17.6. The van der Waals surface area contributed by atoms with Gasteiger partial charge in [0, 0.05) is 18.2 Å². The molecular formula is C22H25NO8S. The highest BCUT2D eigenvalue weighted by atomic mass is 32.2. The van der Waals surface area contributed by atoms with Crippen molar-refractivity contribution in [3.63, 3.8) is 0 Å². The Hall–Kier alpha value is -2.34. The maximum absolute atomic E-state index is 12.8. The molecule has 2 aromatic carbocycles. The van der Waals surface area contributed by atoms with E-state index in [-0.39, 0.29) is 6.61 Å². The maximum atomic E-state index is 12.8. The first-order chi connectivity index (χ1) is 15.4. The summed E-state index contributed by atoms with van der Waals surface area (Å²) in [5, 5.41) is 2.80. The molecule has 6 atom stereocenters. The van der Waals surface area contributed by atoms with Crippen molar-refractivity contribution in [1.29, 1.82) is 0 Å². The fourth-order valence-corrected chi connectivity index (χ4v) is 4.48. The molecule has 9 nitrogen and oxygen atoms in total. The van der Waals surface area contributed by atoms with Crippen molar-refractivity contribution in [1.82, 2.24) is 5.32 Å². The normalized spacial score (nSPS) is 30.3. The molecule has 1 amide bonds. The summed E-state index contributed by atoms with van der Waals surface area (Å²) in [4.78, 5) is 12.8.